The lowest BCUT2D eigenvalue weighted by Crippen LogP contribution is -1.86. The highest BCUT2D eigenvalue weighted by Gasteiger charge is 1.97. The Morgan fingerprint density at radius 2 is 1.67 bits per heavy atom. The predicted octanol–water partition coefficient (Wildman–Crippen LogP) is 4.92. The van der Waals surface area contributed by atoms with Crippen LogP contribution in [-0.2, 0) is 0 Å². The van der Waals surface area contributed by atoms with Crippen LogP contribution in [0.1, 0.15) is 12.5 Å². The fourth-order valence-corrected chi connectivity index (χ4v) is 1.58. The summed E-state index contributed by atoms with van der Waals surface area (Å²) in [4.78, 5) is 0. The maximum atomic E-state index is 12.8. The zero-order valence-corrected chi connectivity index (χ0v) is 10.6. The van der Waals surface area contributed by atoms with Crippen molar-refractivity contribution in [3.05, 3.63) is 71.2 Å². The number of allylic oxidation sites excluding steroid dienone is 1. The van der Waals surface area contributed by atoms with Gasteiger partial charge in [0.1, 0.15) is 11.6 Å². The molecular weight excluding hydrogens is 251 g/mol. The standard InChI is InChI=1S/C15H12ClFO/c1-11(12-2-6-14(17)7-3-12)10-18-15-8-4-13(16)5-9-15/h2-10H,1H3. The Hall–Kier alpha value is -1.80. The summed E-state index contributed by atoms with van der Waals surface area (Å²) in [5, 5.41) is 0.668. The van der Waals surface area contributed by atoms with Crippen molar-refractivity contribution in [1.82, 2.24) is 0 Å². The van der Waals surface area contributed by atoms with Crippen LogP contribution in [0.4, 0.5) is 4.39 Å². The van der Waals surface area contributed by atoms with Crippen molar-refractivity contribution < 1.29 is 9.13 Å². The van der Waals surface area contributed by atoms with Gasteiger partial charge in [0.25, 0.3) is 0 Å². The van der Waals surface area contributed by atoms with E-state index in [0.717, 1.165) is 11.1 Å². The number of benzene rings is 2. The SMILES string of the molecule is CC(=COc1ccc(Cl)cc1)c1ccc(F)cc1. The second-order valence-corrected chi connectivity index (χ2v) is 4.32. The molecule has 18 heavy (non-hydrogen) atoms. The molecule has 0 aliphatic carbocycles. The van der Waals surface area contributed by atoms with Gasteiger partial charge in [0.2, 0.25) is 0 Å². The molecule has 2 rings (SSSR count). The van der Waals surface area contributed by atoms with Gasteiger partial charge in [-0.05, 0) is 54.5 Å². The van der Waals surface area contributed by atoms with Gasteiger partial charge >= 0.3 is 0 Å². The van der Waals surface area contributed by atoms with E-state index in [1.165, 1.54) is 12.1 Å². The molecule has 2 aromatic rings. The van der Waals surface area contributed by atoms with Crippen molar-refractivity contribution in [2.24, 2.45) is 0 Å². The fourth-order valence-electron chi connectivity index (χ4n) is 1.45. The van der Waals surface area contributed by atoms with Crippen LogP contribution >= 0.6 is 11.6 Å². The summed E-state index contributed by atoms with van der Waals surface area (Å²) in [6, 6.07) is 13.4. The lowest BCUT2D eigenvalue weighted by molar-refractivity contribution is 0.483. The van der Waals surface area contributed by atoms with Crippen LogP contribution in [0.3, 0.4) is 0 Å². The van der Waals surface area contributed by atoms with Gasteiger partial charge in [-0.25, -0.2) is 4.39 Å². The average molecular weight is 263 g/mol. The Labute approximate surface area is 110 Å². The van der Waals surface area contributed by atoms with E-state index in [-0.39, 0.29) is 5.82 Å². The average Bonchev–Trinajstić information content (AvgIpc) is 2.38. The molecule has 2 aromatic carbocycles. The highest BCUT2D eigenvalue weighted by molar-refractivity contribution is 6.30. The first-order valence-corrected chi connectivity index (χ1v) is 5.88. The first-order chi connectivity index (χ1) is 8.65. The van der Waals surface area contributed by atoms with Gasteiger partial charge in [-0.1, -0.05) is 23.7 Å². The molecule has 0 spiro atoms. The second kappa shape index (κ2) is 5.69. The maximum absolute atomic E-state index is 12.8. The van der Waals surface area contributed by atoms with E-state index in [1.54, 1.807) is 42.7 Å². The van der Waals surface area contributed by atoms with E-state index in [1.807, 2.05) is 6.92 Å². The Bertz CT molecular complexity index is 544. The lowest BCUT2D eigenvalue weighted by Gasteiger charge is -2.04. The van der Waals surface area contributed by atoms with Crippen molar-refractivity contribution in [2.75, 3.05) is 0 Å². The molecule has 0 heterocycles. The molecular formula is C15H12ClFO. The monoisotopic (exact) mass is 262 g/mol. The van der Waals surface area contributed by atoms with Gasteiger partial charge in [0.05, 0.1) is 6.26 Å². The number of rotatable bonds is 3. The van der Waals surface area contributed by atoms with Gasteiger partial charge in [0.15, 0.2) is 0 Å². The summed E-state index contributed by atoms with van der Waals surface area (Å²) in [5.74, 6) is 0.464. The summed E-state index contributed by atoms with van der Waals surface area (Å²) in [6.45, 7) is 1.91. The van der Waals surface area contributed by atoms with Crippen molar-refractivity contribution in [2.45, 2.75) is 6.92 Å². The Morgan fingerprint density at radius 3 is 2.28 bits per heavy atom. The third kappa shape index (κ3) is 3.34. The van der Waals surface area contributed by atoms with Crippen molar-refractivity contribution in [3.63, 3.8) is 0 Å². The zero-order valence-electron chi connectivity index (χ0n) is 9.86. The third-order valence-corrected chi connectivity index (χ3v) is 2.74. The first kappa shape index (κ1) is 12.7. The van der Waals surface area contributed by atoms with Gasteiger partial charge in [0, 0.05) is 5.02 Å². The number of hydrogen-bond donors (Lipinski definition) is 0. The van der Waals surface area contributed by atoms with E-state index in [9.17, 15) is 4.39 Å². The predicted molar refractivity (Wildman–Crippen MR) is 72.1 cm³/mol. The zero-order chi connectivity index (χ0) is 13.0. The van der Waals surface area contributed by atoms with Gasteiger partial charge in [-0.2, -0.15) is 0 Å². The molecule has 0 atom stereocenters. The minimum atomic E-state index is -0.245. The molecule has 92 valence electrons. The fraction of sp³-hybridized carbons (Fsp3) is 0.0667. The quantitative estimate of drug-likeness (QED) is 0.714. The Kier molecular flexibility index (Phi) is 4.00. The van der Waals surface area contributed by atoms with Crippen LogP contribution in [0.2, 0.25) is 5.02 Å². The summed E-state index contributed by atoms with van der Waals surface area (Å²) in [7, 11) is 0. The normalized spacial score (nSPS) is 11.4. The van der Waals surface area contributed by atoms with Gasteiger partial charge in [-0.3, -0.25) is 0 Å². The molecule has 0 aromatic heterocycles. The van der Waals surface area contributed by atoms with Crippen LogP contribution in [0, 0.1) is 5.82 Å². The molecule has 0 aliphatic heterocycles. The van der Waals surface area contributed by atoms with Crippen molar-refractivity contribution >= 4 is 17.2 Å². The van der Waals surface area contributed by atoms with E-state index >= 15 is 0 Å². The summed E-state index contributed by atoms with van der Waals surface area (Å²) >= 11 is 5.78. The largest absolute Gasteiger partial charge is 0.465 e. The molecule has 0 saturated carbocycles. The van der Waals surface area contributed by atoms with Crippen LogP contribution < -0.4 is 4.74 Å². The van der Waals surface area contributed by atoms with E-state index in [2.05, 4.69) is 0 Å². The topological polar surface area (TPSA) is 9.23 Å². The lowest BCUT2D eigenvalue weighted by atomic mass is 10.1. The molecule has 0 amide bonds. The molecule has 0 fully saturated rings. The van der Waals surface area contributed by atoms with Gasteiger partial charge in [-0.15, -0.1) is 0 Å². The highest BCUT2D eigenvalue weighted by Crippen LogP contribution is 2.18. The summed E-state index contributed by atoms with van der Waals surface area (Å²) < 4.78 is 18.3. The molecule has 0 aliphatic rings. The molecule has 1 nitrogen and oxygen atoms in total. The smallest absolute Gasteiger partial charge is 0.126 e. The van der Waals surface area contributed by atoms with Gasteiger partial charge < -0.3 is 4.74 Å². The maximum Gasteiger partial charge on any atom is 0.126 e. The molecule has 0 bridgehead atoms. The number of halogens is 2. The number of hydrogen-bond acceptors (Lipinski definition) is 1. The minimum absolute atomic E-state index is 0.245. The summed E-state index contributed by atoms with van der Waals surface area (Å²) in [6.07, 6.45) is 1.64. The summed E-state index contributed by atoms with van der Waals surface area (Å²) in [5.41, 5.74) is 1.84. The minimum Gasteiger partial charge on any atom is -0.465 e. The first-order valence-electron chi connectivity index (χ1n) is 5.50. The van der Waals surface area contributed by atoms with Crippen molar-refractivity contribution in [1.29, 1.82) is 0 Å². The number of ether oxygens (including phenoxy) is 1. The molecule has 0 radical (unpaired) electrons. The Morgan fingerprint density at radius 1 is 1.06 bits per heavy atom. The van der Waals surface area contributed by atoms with E-state index in [4.69, 9.17) is 16.3 Å². The molecule has 0 saturated heterocycles. The van der Waals surface area contributed by atoms with Crippen LogP contribution in [0.25, 0.3) is 5.57 Å². The molecule has 0 unspecified atom stereocenters. The van der Waals surface area contributed by atoms with E-state index in [0.29, 0.717) is 10.8 Å². The highest BCUT2D eigenvalue weighted by atomic mass is 35.5. The molecule has 0 N–H and O–H groups in total. The molecule has 3 heteroatoms. The van der Waals surface area contributed by atoms with Crippen LogP contribution in [0.15, 0.2) is 54.8 Å². The Balaban J connectivity index is 2.09. The van der Waals surface area contributed by atoms with Crippen molar-refractivity contribution in [3.8, 4) is 5.75 Å². The second-order valence-electron chi connectivity index (χ2n) is 3.88. The van der Waals surface area contributed by atoms with Crippen LogP contribution in [-0.4, -0.2) is 0 Å². The van der Waals surface area contributed by atoms with Crippen LogP contribution in [0.5, 0.6) is 5.75 Å². The van der Waals surface area contributed by atoms with E-state index < -0.39 is 0 Å². The third-order valence-electron chi connectivity index (χ3n) is 2.48.